The second-order valence-electron chi connectivity index (χ2n) is 7.16. The number of halogens is 3. The Balaban J connectivity index is 1.64. The molecule has 3 rings (SSSR count). The SMILES string of the molecule is C/C=C(F)\C(CNc1nc(Nc2cnn(CC(=O)N3CCOCC3)c2)ncc1Cl)=C(\F)CC. The molecule has 12 heteroatoms. The van der Waals surface area contributed by atoms with Crippen LogP contribution in [0.2, 0.25) is 5.02 Å². The number of carbonyl (C=O) groups excluding carboxylic acids is 1. The van der Waals surface area contributed by atoms with E-state index in [0.717, 1.165) is 0 Å². The normalized spacial score (nSPS) is 15.3. The molecule has 0 spiro atoms. The Morgan fingerprint density at radius 3 is 2.76 bits per heavy atom. The third-order valence-electron chi connectivity index (χ3n) is 4.91. The summed E-state index contributed by atoms with van der Waals surface area (Å²) < 4.78 is 34.8. The third-order valence-corrected chi connectivity index (χ3v) is 5.18. The molecule has 33 heavy (non-hydrogen) atoms. The molecule has 0 atom stereocenters. The van der Waals surface area contributed by atoms with E-state index < -0.39 is 11.7 Å². The van der Waals surface area contributed by atoms with Crippen molar-refractivity contribution in [2.45, 2.75) is 26.8 Å². The maximum absolute atomic E-state index is 14.1. The second-order valence-corrected chi connectivity index (χ2v) is 7.57. The average Bonchev–Trinajstić information content (AvgIpc) is 3.27. The van der Waals surface area contributed by atoms with E-state index in [-0.39, 0.29) is 47.8 Å². The number of anilines is 3. The summed E-state index contributed by atoms with van der Waals surface area (Å²) in [5.41, 5.74) is 0.478. The van der Waals surface area contributed by atoms with Gasteiger partial charge in [0.15, 0.2) is 5.82 Å². The lowest BCUT2D eigenvalue weighted by Crippen LogP contribution is -2.42. The zero-order valence-electron chi connectivity index (χ0n) is 18.4. The molecular weight excluding hydrogens is 456 g/mol. The lowest BCUT2D eigenvalue weighted by Gasteiger charge is -2.26. The fourth-order valence-corrected chi connectivity index (χ4v) is 3.27. The Hall–Kier alpha value is -3.05. The van der Waals surface area contributed by atoms with Crippen molar-refractivity contribution in [3.63, 3.8) is 0 Å². The minimum Gasteiger partial charge on any atom is -0.378 e. The number of allylic oxidation sites excluding steroid dienone is 2. The molecule has 3 heterocycles. The van der Waals surface area contributed by atoms with Crippen molar-refractivity contribution in [3.8, 4) is 0 Å². The van der Waals surface area contributed by atoms with Crippen molar-refractivity contribution in [3.05, 3.63) is 46.9 Å². The van der Waals surface area contributed by atoms with E-state index in [1.165, 1.54) is 30.1 Å². The van der Waals surface area contributed by atoms with Gasteiger partial charge in [-0.3, -0.25) is 9.48 Å². The fraction of sp³-hybridized carbons (Fsp3) is 0.429. The van der Waals surface area contributed by atoms with Crippen LogP contribution in [0.3, 0.4) is 0 Å². The topological polar surface area (TPSA) is 97.2 Å². The first-order valence-corrected chi connectivity index (χ1v) is 10.9. The van der Waals surface area contributed by atoms with Crippen LogP contribution in [0.15, 0.2) is 41.9 Å². The zero-order chi connectivity index (χ0) is 23.8. The summed E-state index contributed by atoms with van der Waals surface area (Å²) in [4.78, 5) is 22.5. The summed E-state index contributed by atoms with van der Waals surface area (Å²) in [6.45, 7) is 5.27. The Labute approximate surface area is 195 Å². The molecular formula is C21H26ClF2N7O2. The van der Waals surface area contributed by atoms with Crippen molar-refractivity contribution in [2.75, 3.05) is 43.5 Å². The van der Waals surface area contributed by atoms with Crippen LogP contribution in [0.1, 0.15) is 20.3 Å². The van der Waals surface area contributed by atoms with Crippen LogP contribution < -0.4 is 10.6 Å². The van der Waals surface area contributed by atoms with Crippen molar-refractivity contribution < 1.29 is 18.3 Å². The molecule has 178 valence electrons. The van der Waals surface area contributed by atoms with Gasteiger partial charge in [-0.15, -0.1) is 0 Å². The minimum atomic E-state index is -0.649. The van der Waals surface area contributed by atoms with Crippen LogP contribution in [0.4, 0.5) is 26.2 Å². The first-order valence-electron chi connectivity index (χ1n) is 10.5. The molecule has 2 N–H and O–H groups in total. The largest absolute Gasteiger partial charge is 0.378 e. The van der Waals surface area contributed by atoms with Crippen LogP contribution in [0.25, 0.3) is 0 Å². The van der Waals surface area contributed by atoms with Crippen LogP contribution >= 0.6 is 11.6 Å². The average molecular weight is 482 g/mol. The van der Waals surface area contributed by atoms with E-state index in [4.69, 9.17) is 16.3 Å². The molecule has 0 aliphatic carbocycles. The first kappa shape index (κ1) is 24.6. The van der Waals surface area contributed by atoms with Crippen molar-refractivity contribution in [1.29, 1.82) is 0 Å². The van der Waals surface area contributed by atoms with Gasteiger partial charge in [-0.05, 0) is 13.3 Å². The van der Waals surface area contributed by atoms with Crippen LogP contribution in [0, 0.1) is 0 Å². The summed E-state index contributed by atoms with van der Waals surface area (Å²) >= 11 is 6.14. The highest BCUT2D eigenvalue weighted by Gasteiger charge is 2.18. The van der Waals surface area contributed by atoms with Gasteiger partial charge in [-0.1, -0.05) is 24.6 Å². The van der Waals surface area contributed by atoms with Crippen LogP contribution in [-0.4, -0.2) is 63.4 Å². The first-order chi connectivity index (χ1) is 15.9. The number of amides is 1. The maximum Gasteiger partial charge on any atom is 0.244 e. The lowest BCUT2D eigenvalue weighted by atomic mass is 10.1. The molecule has 1 fully saturated rings. The van der Waals surface area contributed by atoms with Crippen molar-refractivity contribution >= 4 is 35.0 Å². The molecule has 2 aromatic rings. The van der Waals surface area contributed by atoms with Gasteiger partial charge in [0.2, 0.25) is 11.9 Å². The maximum atomic E-state index is 14.1. The number of hydrogen-bond donors (Lipinski definition) is 2. The molecule has 9 nitrogen and oxygen atoms in total. The number of nitrogens with one attached hydrogen (secondary N) is 2. The highest BCUT2D eigenvalue weighted by Crippen LogP contribution is 2.24. The van der Waals surface area contributed by atoms with Crippen LogP contribution in [0.5, 0.6) is 0 Å². The van der Waals surface area contributed by atoms with Gasteiger partial charge in [0.05, 0.1) is 31.3 Å². The Morgan fingerprint density at radius 2 is 2.06 bits per heavy atom. The zero-order valence-corrected chi connectivity index (χ0v) is 19.2. The number of aromatic nitrogens is 4. The van der Waals surface area contributed by atoms with Gasteiger partial charge in [0.1, 0.15) is 23.2 Å². The third kappa shape index (κ3) is 6.72. The van der Waals surface area contributed by atoms with Gasteiger partial charge in [-0.25, -0.2) is 13.8 Å². The van der Waals surface area contributed by atoms with Gasteiger partial charge in [0, 0.05) is 31.4 Å². The van der Waals surface area contributed by atoms with E-state index in [0.29, 0.717) is 32.0 Å². The second kappa shape index (κ2) is 11.7. The molecule has 0 unspecified atom stereocenters. The van der Waals surface area contributed by atoms with Crippen molar-refractivity contribution in [1.82, 2.24) is 24.6 Å². The van der Waals surface area contributed by atoms with Crippen LogP contribution in [-0.2, 0) is 16.1 Å². The Bertz CT molecular complexity index is 1040. The highest BCUT2D eigenvalue weighted by atomic mass is 35.5. The van der Waals surface area contributed by atoms with E-state index in [1.807, 2.05) is 0 Å². The molecule has 1 aliphatic rings. The fourth-order valence-electron chi connectivity index (χ4n) is 3.12. The molecule has 0 aromatic carbocycles. The number of morpholine rings is 1. The number of rotatable bonds is 9. The Kier molecular flexibility index (Phi) is 8.72. The summed E-state index contributed by atoms with van der Waals surface area (Å²) in [7, 11) is 0. The summed E-state index contributed by atoms with van der Waals surface area (Å²) in [6, 6.07) is 0. The molecule has 0 radical (unpaired) electrons. The monoisotopic (exact) mass is 481 g/mol. The highest BCUT2D eigenvalue weighted by molar-refractivity contribution is 6.32. The summed E-state index contributed by atoms with van der Waals surface area (Å²) in [5.74, 6) is -0.827. The smallest absolute Gasteiger partial charge is 0.244 e. The summed E-state index contributed by atoms with van der Waals surface area (Å²) in [6.07, 6.45) is 5.83. The van der Waals surface area contributed by atoms with Gasteiger partial charge < -0.3 is 20.3 Å². The lowest BCUT2D eigenvalue weighted by molar-refractivity contribution is -0.136. The van der Waals surface area contributed by atoms with Gasteiger partial charge >= 0.3 is 0 Å². The van der Waals surface area contributed by atoms with Crippen molar-refractivity contribution in [2.24, 2.45) is 0 Å². The van der Waals surface area contributed by atoms with E-state index in [2.05, 4.69) is 25.7 Å². The predicted octanol–water partition coefficient (Wildman–Crippen LogP) is 3.85. The van der Waals surface area contributed by atoms with E-state index in [9.17, 15) is 13.6 Å². The molecule has 0 saturated carbocycles. The molecule has 0 bridgehead atoms. The number of ether oxygens (including phenoxy) is 1. The molecule has 1 aliphatic heterocycles. The summed E-state index contributed by atoms with van der Waals surface area (Å²) in [5, 5.41) is 10.2. The number of hydrogen-bond acceptors (Lipinski definition) is 7. The standard InChI is InChI=1S/C21H26ClF2N7O2/c1-3-17(23)15(18(24)4-2)10-25-20-16(22)11-26-21(29-20)28-14-9-27-31(12-14)13-19(32)30-5-7-33-8-6-30/h3,9,11-12H,4-8,10,13H2,1-2H3,(H2,25,26,28,29)/b17-3+,18-15+. The van der Waals surface area contributed by atoms with E-state index >= 15 is 0 Å². The number of carbonyl (C=O) groups is 1. The minimum absolute atomic E-state index is 0.0429. The quantitative estimate of drug-likeness (QED) is 0.525. The molecule has 1 amide bonds. The van der Waals surface area contributed by atoms with Gasteiger partial charge in [-0.2, -0.15) is 10.1 Å². The molecule has 2 aromatic heterocycles. The number of nitrogens with zero attached hydrogens (tertiary/aromatic N) is 5. The predicted molar refractivity (Wildman–Crippen MR) is 122 cm³/mol. The Morgan fingerprint density at radius 1 is 1.30 bits per heavy atom. The molecule has 1 saturated heterocycles. The van der Waals surface area contributed by atoms with Gasteiger partial charge in [0.25, 0.3) is 0 Å². The van der Waals surface area contributed by atoms with E-state index in [1.54, 1.807) is 18.0 Å².